The van der Waals surface area contributed by atoms with Gasteiger partial charge in [0.1, 0.15) is 0 Å². The van der Waals surface area contributed by atoms with Gasteiger partial charge in [-0.2, -0.15) is 0 Å². The van der Waals surface area contributed by atoms with Crippen LogP contribution < -0.4 is 0 Å². The van der Waals surface area contributed by atoms with E-state index in [2.05, 4.69) is 5.16 Å². The highest BCUT2D eigenvalue weighted by Crippen LogP contribution is 2.36. The molecular formula is C19H15N3O5S. The molecule has 1 aromatic heterocycles. The Bertz CT molecular complexity index is 1070. The first-order chi connectivity index (χ1) is 13.3. The summed E-state index contributed by atoms with van der Waals surface area (Å²) in [4.78, 5) is 22.9. The molecule has 0 atom stereocenters. The Labute approximate surface area is 164 Å². The molecule has 0 amide bonds. The first-order valence-electron chi connectivity index (χ1n) is 8.17. The zero-order valence-electron chi connectivity index (χ0n) is 15.0. The van der Waals surface area contributed by atoms with E-state index in [0.29, 0.717) is 10.5 Å². The smallest absolute Gasteiger partial charge is 0.338 e. The predicted molar refractivity (Wildman–Crippen MR) is 105 cm³/mol. The van der Waals surface area contributed by atoms with Gasteiger partial charge in [-0.1, -0.05) is 46.8 Å². The monoisotopic (exact) mass is 397 g/mol. The van der Waals surface area contributed by atoms with Crippen LogP contribution in [0.5, 0.6) is 0 Å². The Balaban J connectivity index is 1.90. The lowest BCUT2D eigenvalue weighted by Crippen LogP contribution is -1.92. The van der Waals surface area contributed by atoms with Crippen molar-refractivity contribution in [3.63, 3.8) is 0 Å². The Kier molecular flexibility index (Phi) is 5.55. The molecule has 0 radical (unpaired) electrons. The number of hydrogen-bond acceptors (Lipinski definition) is 7. The van der Waals surface area contributed by atoms with E-state index in [1.807, 2.05) is 31.2 Å². The Hall–Kier alpha value is -3.46. The van der Waals surface area contributed by atoms with E-state index in [-0.39, 0.29) is 22.8 Å². The average Bonchev–Trinajstić information content (AvgIpc) is 3.03. The summed E-state index contributed by atoms with van der Waals surface area (Å²) in [6.45, 7) is 3.44. The summed E-state index contributed by atoms with van der Waals surface area (Å²) in [6, 6.07) is 12.5. The fourth-order valence-corrected chi connectivity index (χ4v) is 3.39. The van der Waals surface area contributed by atoms with Gasteiger partial charge in [0.2, 0.25) is 5.76 Å². The van der Waals surface area contributed by atoms with Gasteiger partial charge in [0.25, 0.3) is 5.69 Å². The van der Waals surface area contributed by atoms with Crippen molar-refractivity contribution in [2.24, 2.45) is 0 Å². The standard InChI is InChI=1S/C19H15N3O5S/c1-12-3-7-15(8-4-12)28-18-10-6-14(11-16(18)21(23)24)5-9-17-19(22(25)26)13(2)20-27-17/h3-11H,1-2H3. The molecule has 0 bridgehead atoms. The van der Waals surface area contributed by atoms with E-state index in [9.17, 15) is 20.2 Å². The highest BCUT2D eigenvalue weighted by atomic mass is 32.2. The van der Waals surface area contributed by atoms with E-state index in [1.165, 1.54) is 36.9 Å². The Morgan fingerprint density at radius 2 is 1.71 bits per heavy atom. The molecule has 3 aromatic rings. The van der Waals surface area contributed by atoms with Crippen molar-refractivity contribution in [3.8, 4) is 0 Å². The van der Waals surface area contributed by atoms with Crippen LogP contribution >= 0.6 is 11.8 Å². The van der Waals surface area contributed by atoms with Crippen molar-refractivity contribution in [2.45, 2.75) is 23.6 Å². The number of nitro benzene ring substituents is 1. The molecule has 0 aliphatic heterocycles. The SMILES string of the molecule is Cc1ccc(Sc2ccc(C=Cc3onc(C)c3[N+](=O)[O-])cc2[N+](=O)[O-])cc1. The van der Waals surface area contributed by atoms with Crippen LogP contribution in [0.1, 0.15) is 22.6 Å². The number of benzene rings is 2. The summed E-state index contributed by atoms with van der Waals surface area (Å²) in [5, 5.41) is 26.2. The molecule has 0 saturated heterocycles. The molecule has 9 heteroatoms. The minimum Gasteiger partial charge on any atom is -0.349 e. The lowest BCUT2D eigenvalue weighted by Gasteiger charge is -2.04. The summed E-state index contributed by atoms with van der Waals surface area (Å²) in [7, 11) is 0. The summed E-state index contributed by atoms with van der Waals surface area (Å²) >= 11 is 1.30. The molecule has 142 valence electrons. The summed E-state index contributed by atoms with van der Waals surface area (Å²) in [6.07, 6.45) is 2.89. The molecule has 3 rings (SSSR count). The summed E-state index contributed by atoms with van der Waals surface area (Å²) in [5.74, 6) is -0.0109. The zero-order chi connectivity index (χ0) is 20.3. The molecule has 1 heterocycles. The first-order valence-corrected chi connectivity index (χ1v) is 8.98. The quantitative estimate of drug-likeness (QED) is 0.402. The maximum atomic E-state index is 11.5. The second-order valence-corrected chi connectivity index (χ2v) is 7.09. The molecule has 0 aliphatic rings. The van der Waals surface area contributed by atoms with Gasteiger partial charge in [-0.05, 0) is 43.7 Å². The van der Waals surface area contributed by atoms with Gasteiger partial charge >= 0.3 is 5.69 Å². The van der Waals surface area contributed by atoms with E-state index in [0.717, 1.165) is 10.5 Å². The van der Waals surface area contributed by atoms with Gasteiger partial charge < -0.3 is 4.52 Å². The number of nitrogens with zero attached hydrogens (tertiary/aromatic N) is 3. The van der Waals surface area contributed by atoms with Crippen LogP contribution in [0.25, 0.3) is 12.2 Å². The van der Waals surface area contributed by atoms with Crippen molar-refractivity contribution in [1.82, 2.24) is 5.16 Å². The summed E-state index contributed by atoms with van der Waals surface area (Å²) in [5.41, 5.74) is 1.52. The van der Waals surface area contributed by atoms with Crippen LogP contribution in [0.4, 0.5) is 11.4 Å². The zero-order valence-corrected chi connectivity index (χ0v) is 15.8. The lowest BCUT2D eigenvalue weighted by molar-refractivity contribution is -0.387. The first kappa shape index (κ1) is 19.3. The molecule has 0 saturated carbocycles. The third kappa shape index (κ3) is 4.26. The number of aromatic nitrogens is 1. The number of nitro groups is 2. The maximum Gasteiger partial charge on any atom is 0.338 e. The van der Waals surface area contributed by atoms with Gasteiger partial charge in [-0.3, -0.25) is 20.2 Å². The average molecular weight is 397 g/mol. The third-order valence-corrected chi connectivity index (χ3v) is 4.97. The fourth-order valence-electron chi connectivity index (χ4n) is 2.49. The van der Waals surface area contributed by atoms with Gasteiger partial charge in [0, 0.05) is 11.0 Å². The topological polar surface area (TPSA) is 112 Å². The van der Waals surface area contributed by atoms with Crippen LogP contribution in [0, 0.1) is 34.1 Å². The van der Waals surface area contributed by atoms with Crippen LogP contribution in [-0.2, 0) is 0 Å². The second-order valence-electron chi connectivity index (χ2n) is 5.97. The number of aryl methyl sites for hydroxylation is 2. The van der Waals surface area contributed by atoms with Crippen LogP contribution in [0.3, 0.4) is 0 Å². The van der Waals surface area contributed by atoms with Crippen LogP contribution in [0.2, 0.25) is 0 Å². The molecule has 2 aromatic carbocycles. The van der Waals surface area contributed by atoms with E-state index in [1.54, 1.807) is 12.1 Å². The second kappa shape index (κ2) is 8.05. The molecule has 0 unspecified atom stereocenters. The third-order valence-electron chi connectivity index (χ3n) is 3.90. The van der Waals surface area contributed by atoms with Gasteiger partial charge in [-0.15, -0.1) is 0 Å². The largest absolute Gasteiger partial charge is 0.349 e. The molecular weight excluding hydrogens is 382 g/mol. The van der Waals surface area contributed by atoms with E-state index >= 15 is 0 Å². The molecule has 0 N–H and O–H groups in total. The maximum absolute atomic E-state index is 11.5. The highest BCUT2D eigenvalue weighted by molar-refractivity contribution is 7.99. The summed E-state index contributed by atoms with van der Waals surface area (Å²) < 4.78 is 4.95. The number of hydrogen-bond donors (Lipinski definition) is 0. The molecule has 0 fully saturated rings. The van der Waals surface area contributed by atoms with Crippen molar-refractivity contribution >= 4 is 35.3 Å². The molecule has 28 heavy (non-hydrogen) atoms. The van der Waals surface area contributed by atoms with E-state index < -0.39 is 9.85 Å². The minimum absolute atomic E-state index is 0.0109. The van der Waals surface area contributed by atoms with Crippen molar-refractivity contribution in [3.05, 3.63) is 85.3 Å². The van der Waals surface area contributed by atoms with Crippen LogP contribution in [-0.4, -0.2) is 15.0 Å². The molecule has 8 nitrogen and oxygen atoms in total. The Morgan fingerprint density at radius 1 is 1.00 bits per heavy atom. The highest BCUT2D eigenvalue weighted by Gasteiger charge is 2.22. The fraction of sp³-hybridized carbons (Fsp3) is 0.105. The van der Waals surface area contributed by atoms with Gasteiger partial charge in [-0.25, -0.2) is 0 Å². The normalized spacial score (nSPS) is 11.1. The Morgan fingerprint density at radius 3 is 2.36 bits per heavy atom. The van der Waals surface area contributed by atoms with Crippen molar-refractivity contribution in [2.75, 3.05) is 0 Å². The van der Waals surface area contributed by atoms with Gasteiger partial charge in [0.05, 0.1) is 14.7 Å². The van der Waals surface area contributed by atoms with Gasteiger partial charge in [0.15, 0.2) is 5.69 Å². The predicted octanol–water partition coefficient (Wildman–Crippen LogP) is 5.43. The molecule has 0 aliphatic carbocycles. The van der Waals surface area contributed by atoms with Crippen LogP contribution in [0.15, 0.2) is 56.8 Å². The van der Waals surface area contributed by atoms with Crippen molar-refractivity contribution < 1.29 is 14.4 Å². The minimum atomic E-state index is -0.574. The lowest BCUT2D eigenvalue weighted by atomic mass is 10.1. The number of rotatable bonds is 6. The van der Waals surface area contributed by atoms with Crippen molar-refractivity contribution in [1.29, 1.82) is 0 Å². The van der Waals surface area contributed by atoms with E-state index in [4.69, 9.17) is 4.52 Å². The molecule has 0 spiro atoms.